The summed E-state index contributed by atoms with van der Waals surface area (Å²) in [6.07, 6.45) is 0. The Morgan fingerprint density at radius 2 is 2.04 bits per heavy atom. The van der Waals surface area contributed by atoms with E-state index < -0.39 is 0 Å². The number of ether oxygens (including phenoxy) is 1. The van der Waals surface area contributed by atoms with Crippen LogP contribution in [0.2, 0.25) is 0 Å². The summed E-state index contributed by atoms with van der Waals surface area (Å²) in [4.78, 5) is 28.1. The standard InChI is InChI=1S/C19H27N3O3/c1-12(2)15-8-14(13(3)7-17(15)25-4)10-21-5-6-22-16(11-21)19(24)20-9-18(22)23/h7-8,12,16H,5-6,9-11H2,1-4H3,(H,20,24)/t16-/m0/s1. The van der Waals surface area contributed by atoms with E-state index in [0.717, 1.165) is 18.8 Å². The molecule has 6 nitrogen and oxygen atoms in total. The minimum Gasteiger partial charge on any atom is -0.496 e. The van der Waals surface area contributed by atoms with Crippen LogP contribution in [0.25, 0.3) is 0 Å². The number of amides is 2. The molecule has 6 heteroatoms. The van der Waals surface area contributed by atoms with Gasteiger partial charge in [-0.25, -0.2) is 0 Å². The third kappa shape index (κ3) is 3.49. The van der Waals surface area contributed by atoms with Crippen LogP contribution in [0.5, 0.6) is 5.75 Å². The maximum Gasteiger partial charge on any atom is 0.244 e. The monoisotopic (exact) mass is 345 g/mol. The van der Waals surface area contributed by atoms with Crippen LogP contribution < -0.4 is 10.1 Å². The smallest absolute Gasteiger partial charge is 0.244 e. The normalized spacial score (nSPS) is 21.3. The summed E-state index contributed by atoms with van der Waals surface area (Å²) in [5.74, 6) is 1.29. The van der Waals surface area contributed by atoms with Gasteiger partial charge in [-0.1, -0.05) is 19.9 Å². The van der Waals surface area contributed by atoms with Crippen LogP contribution in [-0.4, -0.2) is 60.9 Å². The van der Waals surface area contributed by atoms with Gasteiger partial charge in [0.05, 0.1) is 13.7 Å². The van der Waals surface area contributed by atoms with E-state index in [-0.39, 0.29) is 24.4 Å². The summed E-state index contributed by atoms with van der Waals surface area (Å²) in [5, 5.41) is 2.69. The molecule has 0 saturated carbocycles. The highest BCUT2D eigenvalue weighted by Gasteiger charge is 2.38. The van der Waals surface area contributed by atoms with Crippen molar-refractivity contribution in [2.75, 3.05) is 33.3 Å². The van der Waals surface area contributed by atoms with Crippen molar-refractivity contribution in [2.24, 2.45) is 0 Å². The summed E-state index contributed by atoms with van der Waals surface area (Å²) in [7, 11) is 1.71. The fourth-order valence-corrected chi connectivity index (χ4v) is 3.67. The van der Waals surface area contributed by atoms with Gasteiger partial charge in [-0.15, -0.1) is 0 Å². The van der Waals surface area contributed by atoms with E-state index in [1.807, 2.05) is 0 Å². The molecule has 2 amide bonds. The van der Waals surface area contributed by atoms with Gasteiger partial charge in [0, 0.05) is 26.2 Å². The minimum absolute atomic E-state index is 0.0203. The molecule has 2 aliphatic heterocycles. The summed E-state index contributed by atoms with van der Waals surface area (Å²) >= 11 is 0. The van der Waals surface area contributed by atoms with E-state index in [2.05, 4.69) is 43.1 Å². The van der Waals surface area contributed by atoms with Gasteiger partial charge in [0.15, 0.2) is 0 Å². The molecule has 0 aromatic heterocycles. The zero-order valence-corrected chi connectivity index (χ0v) is 15.5. The van der Waals surface area contributed by atoms with E-state index in [9.17, 15) is 9.59 Å². The van der Waals surface area contributed by atoms with Gasteiger partial charge in [0.1, 0.15) is 11.8 Å². The molecule has 3 rings (SSSR count). The Hall–Kier alpha value is -2.08. The van der Waals surface area contributed by atoms with Crippen LogP contribution in [0.3, 0.4) is 0 Å². The summed E-state index contributed by atoms with van der Waals surface area (Å²) in [6.45, 7) is 9.31. The molecule has 2 aliphatic rings. The van der Waals surface area contributed by atoms with Gasteiger partial charge >= 0.3 is 0 Å². The van der Waals surface area contributed by atoms with E-state index >= 15 is 0 Å². The molecular formula is C19H27N3O3. The fraction of sp³-hybridized carbons (Fsp3) is 0.579. The van der Waals surface area contributed by atoms with Gasteiger partial charge in [0.2, 0.25) is 11.8 Å². The number of fused-ring (bicyclic) bond motifs is 1. The van der Waals surface area contributed by atoms with Crippen molar-refractivity contribution in [3.8, 4) is 5.75 Å². The first kappa shape index (κ1) is 17.7. The predicted molar refractivity (Wildman–Crippen MR) is 95.6 cm³/mol. The maximum atomic E-state index is 12.1. The van der Waals surface area contributed by atoms with Crippen molar-refractivity contribution in [2.45, 2.75) is 39.3 Å². The van der Waals surface area contributed by atoms with Gasteiger partial charge in [0.25, 0.3) is 0 Å². The van der Waals surface area contributed by atoms with Crippen LogP contribution in [0.15, 0.2) is 12.1 Å². The summed E-state index contributed by atoms with van der Waals surface area (Å²) < 4.78 is 5.52. The quantitative estimate of drug-likeness (QED) is 0.893. The Balaban J connectivity index is 1.78. The second kappa shape index (κ2) is 7.04. The van der Waals surface area contributed by atoms with Crippen LogP contribution in [-0.2, 0) is 16.1 Å². The van der Waals surface area contributed by atoms with Gasteiger partial charge in [-0.3, -0.25) is 14.5 Å². The predicted octanol–water partition coefficient (Wildman–Crippen LogP) is 1.27. The summed E-state index contributed by atoms with van der Waals surface area (Å²) in [5.41, 5.74) is 3.64. The number of nitrogens with zero attached hydrogens (tertiary/aromatic N) is 2. The zero-order valence-electron chi connectivity index (χ0n) is 15.5. The van der Waals surface area contributed by atoms with Crippen LogP contribution in [0.1, 0.15) is 36.5 Å². The number of methoxy groups -OCH3 is 1. The highest BCUT2D eigenvalue weighted by atomic mass is 16.5. The lowest BCUT2D eigenvalue weighted by molar-refractivity contribution is -0.149. The molecule has 1 atom stereocenters. The molecule has 0 spiro atoms. The average Bonchev–Trinajstić information content (AvgIpc) is 2.59. The average molecular weight is 345 g/mol. The molecule has 0 aliphatic carbocycles. The molecule has 0 unspecified atom stereocenters. The van der Waals surface area contributed by atoms with Crippen molar-refractivity contribution in [1.82, 2.24) is 15.1 Å². The first-order valence-electron chi connectivity index (χ1n) is 8.87. The van der Waals surface area contributed by atoms with Crippen molar-refractivity contribution < 1.29 is 14.3 Å². The van der Waals surface area contributed by atoms with E-state index in [0.29, 0.717) is 19.0 Å². The van der Waals surface area contributed by atoms with Crippen LogP contribution >= 0.6 is 0 Å². The van der Waals surface area contributed by atoms with E-state index in [4.69, 9.17) is 4.74 Å². The molecule has 2 heterocycles. The third-order valence-electron chi connectivity index (χ3n) is 5.21. The number of hydrogen-bond donors (Lipinski definition) is 1. The lowest BCUT2D eigenvalue weighted by atomic mass is 9.96. The fourth-order valence-electron chi connectivity index (χ4n) is 3.67. The molecule has 0 bridgehead atoms. The van der Waals surface area contributed by atoms with Gasteiger partial charge < -0.3 is 15.0 Å². The Morgan fingerprint density at radius 1 is 1.28 bits per heavy atom. The third-order valence-corrected chi connectivity index (χ3v) is 5.21. The molecule has 1 aromatic rings. The van der Waals surface area contributed by atoms with Gasteiger partial charge in [-0.05, 0) is 35.6 Å². The number of benzene rings is 1. The van der Waals surface area contributed by atoms with E-state index in [1.165, 1.54) is 16.7 Å². The highest BCUT2D eigenvalue weighted by molar-refractivity contribution is 5.95. The first-order chi connectivity index (χ1) is 11.9. The van der Waals surface area contributed by atoms with Crippen molar-refractivity contribution >= 4 is 11.8 Å². The number of piperazine rings is 2. The van der Waals surface area contributed by atoms with Crippen molar-refractivity contribution in [1.29, 1.82) is 0 Å². The molecule has 25 heavy (non-hydrogen) atoms. The number of rotatable bonds is 4. The lowest BCUT2D eigenvalue weighted by Crippen LogP contribution is -2.65. The molecule has 2 saturated heterocycles. The number of nitrogens with one attached hydrogen (secondary N) is 1. The number of hydrogen-bond acceptors (Lipinski definition) is 4. The Bertz CT molecular complexity index is 687. The lowest BCUT2D eigenvalue weighted by Gasteiger charge is -2.43. The second-order valence-corrected chi connectivity index (χ2v) is 7.23. The number of carbonyl (C=O) groups excluding carboxylic acids is 2. The van der Waals surface area contributed by atoms with Crippen LogP contribution in [0.4, 0.5) is 0 Å². The Morgan fingerprint density at radius 3 is 2.72 bits per heavy atom. The first-order valence-corrected chi connectivity index (χ1v) is 8.87. The maximum absolute atomic E-state index is 12.1. The Labute approximate surface area is 149 Å². The SMILES string of the molecule is COc1cc(C)c(CN2CCN3C(=O)CNC(=O)[C@@H]3C2)cc1C(C)C. The molecule has 1 aromatic carbocycles. The Kier molecular flexibility index (Phi) is 4.99. The second-order valence-electron chi connectivity index (χ2n) is 7.23. The minimum atomic E-state index is -0.363. The van der Waals surface area contributed by atoms with Gasteiger partial charge in [-0.2, -0.15) is 0 Å². The number of carbonyl (C=O) groups is 2. The molecular weight excluding hydrogens is 318 g/mol. The molecule has 0 radical (unpaired) electrons. The molecule has 2 fully saturated rings. The molecule has 1 N–H and O–H groups in total. The zero-order chi connectivity index (χ0) is 18.1. The van der Waals surface area contributed by atoms with E-state index in [1.54, 1.807) is 12.0 Å². The number of aryl methyl sites for hydroxylation is 1. The van der Waals surface area contributed by atoms with Crippen molar-refractivity contribution in [3.63, 3.8) is 0 Å². The van der Waals surface area contributed by atoms with Crippen LogP contribution in [0, 0.1) is 6.92 Å². The van der Waals surface area contributed by atoms with Crippen molar-refractivity contribution in [3.05, 3.63) is 28.8 Å². The topological polar surface area (TPSA) is 61.9 Å². The summed E-state index contributed by atoms with van der Waals surface area (Å²) in [6, 6.07) is 3.95. The highest BCUT2D eigenvalue weighted by Crippen LogP contribution is 2.30. The molecule has 136 valence electrons. The largest absolute Gasteiger partial charge is 0.496 e.